The molecular formula is C14H22N2O. The first-order valence-electron chi connectivity index (χ1n) is 6.27. The Balaban J connectivity index is 2.03. The van der Waals surface area contributed by atoms with Crippen LogP contribution in [0.15, 0.2) is 30.3 Å². The normalized spacial score (nSPS) is 10.3. The van der Waals surface area contributed by atoms with E-state index in [1.54, 1.807) is 0 Å². The molecule has 2 N–H and O–H groups in total. The monoisotopic (exact) mass is 234 g/mol. The van der Waals surface area contributed by atoms with Gasteiger partial charge in [0, 0.05) is 12.6 Å². The van der Waals surface area contributed by atoms with Crippen molar-refractivity contribution in [1.82, 2.24) is 10.6 Å². The number of benzene rings is 1. The zero-order valence-electron chi connectivity index (χ0n) is 10.7. The van der Waals surface area contributed by atoms with Crippen molar-refractivity contribution in [3.8, 4) is 0 Å². The zero-order chi connectivity index (χ0) is 12.5. The molecule has 0 bridgehead atoms. The van der Waals surface area contributed by atoms with Crippen LogP contribution < -0.4 is 10.6 Å². The third kappa shape index (κ3) is 6.61. The molecule has 1 rings (SSSR count). The van der Waals surface area contributed by atoms with Crippen molar-refractivity contribution >= 4 is 6.03 Å². The van der Waals surface area contributed by atoms with Crippen LogP contribution in [-0.4, -0.2) is 18.6 Å². The lowest BCUT2D eigenvalue weighted by Gasteiger charge is -2.09. The van der Waals surface area contributed by atoms with Gasteiger partial charge in [-0.15, -0.1) is 0 Å². The predicted octanol–water partition coefficient (Wildman–Crippen LogP) is 2.72. The number of unbranched alkanes of at least 4 members (excludes halogenated alkanes) is 1. The Morgan fingerprint density at radius 2 is 1.88 bits per heavy atom. The molecule has 3 nitrogen and oxygen atoms in total. The molecule has 0 saturated carbocycles. The van der Waals surface area contributed by atoms with Gasteiger partial charge in [0.1, 0.15) is 0 Å². The maximum Gasteiger partial charge on any atom is 0.314 e. The highest BCUT2D eigenvalue weighted by atomic mass is 16.2. The molecule has 0 unspecified atom stereocenters. The first-order chi connectivity index (χ1) is 8.18. The fourth-order valence-electron chi connectivity index (χ4n) is 1.61. The molecule has 1 aromatic rings. The van der Waals surface area contributed by atoms with Crippen molar-refractivity contribution in [1.29, 1.82) is 0 Å². The van der Waals surface area contributed by atoms with Gasteiger partial charge in [-0.05, 0) is 38.7 Å². The van der Waals surface area contributed by atoms with Gasteiger partial charge in [-0.2, -0.15) is 0 Å². The number of carbonyl (C=O) groups excluding carboxylic acids is 1. The quantitative estimate of drug-likeness (QED) is 0.730. The summed E-state index contributed by atoms with van der Waals surface area (Å²) in [6, 6.07) is 10.5. The molecule has 94 valence electrons. The van der Waals surface area contributed by atoms with Crippen LogP contribution in [0.3, 0.4) is 0 Å². The van der Waals surface area contributed by atoms with E-state index in [9.17, 15) is 4.79 Å². The van der Waals surface area contributed by atoms with Gasteiger partial charge in [0.05, 0.1) is 0 Å². The predicted molar refractivity (Wildman–Crippen MR) is 71.1 cm³/mol. The number of hydrogen-bond donors (Lipinski definition) is 2. The van der Waals surface area contributed by atoms with E-state index in [1.165, 1.54) is 5.56 Å². The molecule has 0 fully saturated rings. The van der Waals surface area contributed by atoms with Crippen molar-refractivity contribution in [3.05, 3.63) is 35.9 Å². The minimum absolute atomic E-state index is 0.0697. The minimum atomic E-state index is -0.0697. The van der Waals surface area contributed by atoms with Crippen LogP contribution >= 0.6 is 0 Å². The van der Waals surface area contributed by atoms with Gasteiger partial charge < -0.3 is 10.6 Å². The highest BCUT2D eigenvalue weighted by Gasteiger charge is 2.00. The number of nitrogens with one attached hydrogen (secondary N) is 2. The molecular weight excluding hydrogens is 212 g/mol. The second-order valence-corrected chi connectivity index (χ2v) is 4.50. The number of aryl methyl sites for hydroxylation is 1. The van der Waals surface area contributed by atoms with Crippen LogP contribution in [0.5, 0.6) is 0 Å². The SMILES string of the molecule is CC(C)NC(=O)NCCCCc1ccccc1. The summed E-state index contributed by atoms with van der Waals surface area (Å²) in [6.07, 6.45) is 3.20. The Hall–Kier alpha value is -1.51. The van der Waals surface area contributed by atoms with Crippen LogP contribution in [0, 0.1) is 0 Å². The lowest BCUT2D eigenvalue weighted by atomic mass is 10.1. The van der Waals surface area contributed by atoms with Gasteiger partial charge in [0.2, 0.25) is 0 Å². The van der Waals surface area contributed by atoms with Crippen LogP contribution in [0.1, 0.15) is 32.3 Å². The third-order valence-electron chi connectivity index (χ3n) is 2.44. The van der Waals surface area contributed by atoms with Crippen LogP contribution in [0.25, 0.3) is 0 Å². The maximum atomic E-state index is 11.3. The lowest BCUT2D eigenvalue weighted by Crippen LogP contribution is -2.39. The fourth-order valence-corrected chi connectivity index (χ4v) is 1.61. The molecule has 2 amide bonds. The van der Waals surface area contributed by atoms with Crippen LogP contribution in [0.4, 0.5) is 4.79 Å². The van der Waals surface area contributed by atoms with E-state index in [4.69, 9.17) is 0 Å². The maximum absolute atomic E-state index is 11.3. The Morgan fingerprint density at radius 1 is 1.18 bits per heavy atom. The minimum Gasteiger partial charge on any atom is -0.338 e. The number of rotatable bonds is 6. The summed E-state index contributed by atoms with van der Waals surface area (Å²) >= 11 is 0. The lowest BCUT2D eigenvalue weighted by molar-refractivity contribution is 0.238. The van der Waals surface area contributed by atoms with E-state index in [1.807, 2.05) is 19.9 Å². The summed E-state index contributed by atoms with van der Waals surface area (Å²) in [5.74, 6) is 0. The van der Waals surface area contributed by atoms with E-state index in [-0.39, 0.29) is 12.1 Å². The summed E-state index contributed by atoms with van der Waals surface area (Å²) in [6.45, 7) is 4.65. The van der Waals surface area contributed by atoms with E-state index in [2.05, 4.69) is 34.9 Å². The Labute approximate surface area is 104 Å². The molecule has 1 aromatic carbocycles. The van der Waals surface area contributed by atoms with Crippen molar-refractivity contribution in [2.24, 2.45) is 0 Å². The summed E-state index contributed by atoms with van der Waals surface area (Å²) in [4.78, 5) is 11.3. The highest BCUT2D eigenvalue weighted by Crippen LogP contribution is 2.03. The average Bonchev–Trinajstić information content (AvgIpc) is 2.29. The van der Waals surface area contributed by atoms with E-state index in [0.29, 0.717) is 0 Å². The van der Waals surface area contributed by atoms with Crippen molar-refractivity contribution in [2.45, 2.75) is 39.2 Å². The largest absolute Gasteiger partial charge is 0.338 e. The van der Waals surface area contributed by atoms with Gasteiger partial charge in [0.15, 0.2) is 0 Å². The van der Waals surface area contributed by atoms with Crippen molar-refractivity contribution in [2.75, 3.05) is 6.54 Å². The van der Waals surface area contributed by atoms with Crippen LogP contribution in [-0.2, 0) is 6.42 Å². The zero-order valence-corrected chi connectivity index (χ0v) is 10.7. The summed E-state index contributed by atoms with van der Waals surface area (Å²) in [5, 5.41) is 5.65. The van der Waals surface area contributed by atoms with Gasteiger partial charge in [-0.3, -0.25) is 0 Å². The third-order valence-corrected chi connectivity index (χ3v) is 2.44. The van der Waals surface area contributed by atoms with Crippen molar-refractivity contribution in [3.63, 3.8) is 0 Å². The van der Waals surface area contributed by atoms with E-state index < -0.39 is 0 Å². The first kappa shape index (κ1) is 13.6. The molecule has 0 radical (unpaired) electrons. The Kier molecular flexibility index (Phi) is 6.15. The smallest absolute Gasteiger partial charge is 0.314 e. The highest BCUT2D eigenvalue weighted by molar-refractivity contribution is 5.73. The molecule has 0 saturated heterocycles. The number of amides is 2. The first-order valence-corrected chi connectivity index (χ1v) is 6.27. The van der Waals surface area contributed by atoms with Crippen LogP contribution in [0.2, 0.25) is 0 Å². The number of carbonyl (C=O) groups is 1. The molecule has 3 heteroatoms. The van der Waals surface area contributed by atoms with E-state index >= 15 is 0 Å². The van der Waals surface area contributed by atoms with Crippen molar-refractivity contribution < 1.29 is 4.79 Å². The molecule has 0 aliphatic heterocycles. The summed E-state index contributed by atoms with van der Waals surface area (Å²) < 4.78 is 0. The molecule has 0 spiro atoms. The summed E-state index contributed by atoms with van der Waals surface area (Å²) in [7, 11) is 0. The topological polar surface area (TPSA) is 41.1 Å². The molecule has 0 aliphatic carbocycles. The second-order valence-electron chi connectivity index (χ2n) is 4.50. The van der Waals surface area contributed by atoms with Gasteiger partial charge in [0.25, 0.3) is 0 Å². The van der Waals surface area contributed by atoms with E-state index in [0.717, 1.165) is 25.8 Å². The molecule has 0 aliphatic rings. The summed E-state index contributed by atoms with van der Waals surface area (Å²) in [5.41, 5.74) is 1.36. The number of hydrogen-bond acceptors (Lipinski definition) is 1. The molecule has 17 heavy (non-hydrogen) atoms. The standard InChI is InChI=1S/C14H22N2O/c1-12(2)16-14(17)15-11-7-6-10-13-8-4-3-5-9-13/h3-5,8-9,12H,6-7,10-11H2,1-2H3,(H2,15,16,17). The van der Waals surface area contributed by atoms with Gasteiger partial charge in [-0.1, -0.05) is 30.3 Å². The van der Waals surface area contributed by atoms with Gasteiger partial charge >= 0.3 is 6.03 Å². The second kappa shape index (κ2) is 7.71. The van der Waals surface area contributed by atoms with Gasteiger partial charge in [-0.25, -0.2) is 4.79 Å². The number of urea groups is 1. The molecule has 0 atom stereocenters. The Morgan fingerprint density at radius 3 is 2.53 bits per heavy atom. The Bertz CT molecular complexity index is 322. The fraction of sp³-hybridized carbons (Fsp3) is 0.500. The molecule has 0 aromatic heterocycles. The molecule has 0 heterocycles. The average molecular weight is 234 g/mol.